The van der Waals surface area contributed by atoms with Gasteiger partial charge in [-0.1, -0.05) is 6.07 Å². The normalized spacial score (nSPS) is 10.2. The summed E-state index contributed by atoms with van der Waals surface area (Å²) in [4.78, 5) is 4.17. The molecule has 5 heteroatoms. The highest BCUT2D eigenvalue weighted by atomic mass is 16.5. The van der Waals surface area contributed by atoms with E-state index in [1.54, 1.807) is 20.4 Å². The molecule has 0 fully saturated rings. The summed E-state index contributed by atoms with van der Waals surface area (Å²) >= 11 is 0. The van der Waals surface area contributed by atoms with Crippen molar-refractivity contribution in [3.05, 3.63) is 48.2 Å². The van der Waals surface area contributed by atoms with Crippen molar-refractivity contribution in [1.82, 2.24) is 4.98 Å². The van der Waals surface area contributed by atoms with Crippen molar-refractivity contribution in [1.29, 1.82) is 0 Å². The number of rotatable bonds is 8. The van der Waals surface area contributed by atoms with Gasteiger partial charge < -0.3 is 19.5 Å². The lowest BCUT2D eigenvalue weighted by molar-refractivity contribution is 0.146. The summed E-state index contributed by atoms with van der Waals surface area (Å²) in [7, 11) is 3.26. The number of nitrogens with zero attached hydrogens (tertiary/aromatic N) is 1. The largest absolute Gasteiger partial charge is 0.491 e. The maximum absolute atomic E-state index is 5.51. The number of hydrogen-bond donors (Lipinski definition) is 1. The highest BCUT2D eigenvalue weighted by molar-refractivity contribution is 5.46. The summed E-state index contributed by atoms with van der Waals surface area (Å²) in [6, 6.07) is 11.7. The number of methoxy groups -OCH3 is 2. The van der Waals surface area contributed by atoms with E-state index in [1.165, 1.54) is 0 Å². The van der Waals surface area contributed by atoms with Crippen LogP contribution in [0.25, 0.3) is 0 Å². The van der Waals surface area contributed by atoms with Crippen molar-refractivity contribution >= 4 is 5.69 Å². The number of nitrogens with one attached hydrogen (secondary N) is 1. The maximum atomic E-state index is 5.51. The van der Waals surface area contributed by atoms with Crippen LogP contribution in [-0.4, -0.2) is 32.4 Å². The van der Waals surface area contributed by atoms with Gasteiger partial charge in [-0.05, 0) is 29.8 Å². The third-order valence-corrected chi connectivity index (χ3v) is 2.91. The van der Waals surface area contributed by atoms with E-state index in [1.807, 2.05) is 36.4 Å². The molecule has 0 radical (unpaired) electrons. The molecule has 0 spiro atoms. The molecule has 0 aliphatic carbocycles. The van der Waals surface area contributed by atoms with E-state index in [2.05, 4.69) is 10.3 Å². The lowest BCUT2D eigenvalue weighted by atomic mass is 10.2. The van der Waals surface area contributed by atoms with E-state index in [4.69, 9.17) is 14.2 Å². The average Bonchev–Trinajstić information content (AvgIpc) is 2.55. The van der Waals surface area contributed by atoms with Crippen LogP contribution in [0, 0.1) is 0 Å². The minimum absolute atomic E-state index is 0.556. The fraction of sp³-hybridized carbons (Fsp3) is 0.312. The fourth-order valence-electron chi connectivity index (χ4n) is 1.75. The Hall–Kier alpha value is -2.27. The van der Waals surface area contributed by atoms with E-state index in [0.29, 0.717) is 25.6 Å². The van der Waals surface area contributed by atoms with Crippen molar-refractivity contribution in [2.75, 3.05) is 32.8 Å². The summed E-state index contributed by atoms with van der Waals surface area (Å²) < 4.78 is 15.5. The molecule has 1 aromatic carbocycles. The topological polar surface area (TPSA) is 52.6 Å². The maximum Gasteiger partial charge on any atom is 0.212 e. The molecule has 2 aromatic rings. The van der Waals surface area contributed by atoms with Gasteiger partial charge in [0.25, 0.3) is 0 Å². The Morgan fingerprint density at radius 2 is 1.81 bits per heavy atom. The van der Waals surface area contributed by atoms with Crippen LogP contribution in [0.15, 0.2) is 42.6 Å². The van der Waals surface area contributed by atoms with Crippen LogP contribution >= 0.6 is 0 Å². The van der Waals surface area contributed by atoms with Gasteiger partial charge in [0.15, 0.2) is 0 Å². The zero-order valence-corrected chi connectivity index (χ0v) is 12.3. The molecule has 0 atom stereocenters. The second kappa shape index (κ2) is 8.11. The summed E-state index contributed by atoms with van der Waals surface area (Å²) in [5.41, 5.74) is 2.13. The molecule has 112 valence electrons. The minimum atomic E-state index is 0.556. The molecule has 5 nitrogen and oxygen atoms in total. The molecule has 0 aliphatic heterocycles. The standard InChI is InChI=1S/C16H20N2O3/c1-19-9-10-21-15-6-4-14(5-7-15)17-11-13-3-8-16(20-2)18-12-13/h3-8,12,17H,9-11H2,1-2H3. The molecule has 0 saturated heterocycles. The summed E-state index contributed by atoms with van der Waals surface area (Å²) in [5.74, 6) is 1.46. The van der Waals surface area contributed by atoms with Crippen molar-refractivity contribution in [2.45, 2.75) is 6.54 Å². The predicted octanol–water partition coefficient (Wildman–Crippen LogP) is 2.73. The molecule has 1 N–H and O–H groups in total. The first-order valence-corrected chi connectivity index (χ1v) is 6.76. The molecule has 1 aromatic heterocycles. The number of ether oxygens (including phenoxy) is 3. The second-order valence-corrected chi connectivity index (χ2v) is 4.43. The number of anilines is 1. The van der Waals surface area contributed by atoms with E-state index >= 15 is 0 Å². The monoisotopic (exact) mass is 288 g/mol. The van der Waals surface area contributed by atoms with Crippen molar-refractivity contribution < 1.29 is 14.2 Å². The van der Waals surface area contributed by atoms with Gasteiger partial charge in [0, 0.05) is 31.6 Å². The van der Waals surface area contributed by atoms with Crippen LogP contribution in [0.1, 0.15) is 5.56 Å². The first kappa shape index (κ1) is 15.1. The molecule has 1 heterocycles. The Kier molecular flexibility index (Phi) is 5.84. The Morgan fingerprint density at radius 1 is 1.00 bits per heavy atom. The van der Waals surface area contributed by atoms with Gasteiger partial charge in [-0.3, -0.25) is 0 Å². The first-order valence-electron chi connectivity index (χ1n) is 6.76. The molecule has 0 unspecified atom stereocenters. The van der Waals surface area contributed by atoms with Crippen molar-refractivity contribution in [3.63, 3.8) is 0 Å². The van der Waals surface area contributed by atoms with Gasteiger partial charge >= 0.3 is 0 Å². The second-order valence-electron chi connectivity index (χ2n) is 4.43. The third-order valence-electron chi connectivity index (χ3n) is 2.91. The summed E-state index contributed by atoms with van der Waals surface area (Å²) in [6.07, 6.45) is 1.80. The van der Waals surface area contributed by atoms with Crippen LogP contribution in [0.4, 0.5) is 5.69 Å². The Morgan fingerprint density at radius 3 is 2.43 bits per heavy atom. The highest BCUT2D eigenvalue weighted by Gasteiger charge is 1.98. The molecule has 0 bridgehead atoms. The van der Waals surface area contributed by atoms with Gasteiger partial charge in [-0.2, -0.15) is 0 Å². The Bertz CT molecular complexity index is 526. The number of pyridine rings is 1. The average molecular weight is 288 g/mol. The smallest absolute Gasteiger partial charge is 0.212 e. The predicted molar refractivity (Wildman–Crippen MR) is 81.9 cm³/mol. The third kappa shape index (κ3) is 4.96. The quantitative estimate of drug-likeness (QED) is 0.757. The highest BCUT2D eigenvalue weighted by Crippen LogP contribution is 2.16. The van der Waals surface area contributed by atoms with E-state index in [-0.39, 0.29) is 0 Å². The molecule has 2 rings (SSSR count). The summed E-state index contributed by atoms with van der Waals surface area (Å²) in [5, 5.41) is 3.33. The van der Waals surface area contributed by atoms with Crippen LogP contribution < -0.4 is 14.8 Å². The van der Waals surface area contributed by atoms with E-state index in [9.17, 15) is 0 Å². The zero-order chi connectivity index (χ0) is 14.9. The number of aromatic nitrogens is 1. The lowest BCUT2D eigenvalue weighted by Crippen LogP contribution is -2.04. The molecular weight excluding hydrogens is 268 g/mol. The van der Waals surface area contributed by atoms with Crippen LogP contribution in [0.5, 0.6) is 11.6 Å². The fourth-order valence-corrected chi connectivity index (χ4v) is 1.75. The van der Waals surface area contributed by atoms with E-state index in [0.717, 1.165) is 17.0 Å². The Balaban J connectivity index is 1.82. The van der Waals surface area contributed by atoms with Crippen molar-refractivity contribution in [3.8, 4) is 11.6 Å². The zero-order valence-electron chi connectivity index (χ0n) is 12.3. The molecule has 21 heavy (non-hydrogen) atoms. The molecule has 0 aliphatic rings. The summed E-state index contributed by atoms with van der Waals surface area (Å²) in [6.45, 7) is 1.85. The van der Waals surface area contributed by atoms with Gasteiger partial charge in [-0.15, -0.1) is 0 Å². The Labute approximate surface area is 124 Å². The first-order chi connectivity index (χ1) is 10.3. The molecule has 0 saturated carbocycles. The minimum Gasteiger partial charge on any atom is -0.491 e. The number of hydrogen-bond acceptors (Lipinski definition) is 5. The van der Waals surface area contributed by atoms with Crippen LogP contribution in [-0.2, 0) is 11.3 Å². The SMILES string of the molecule is COCCOc1ccc(NCc2ccc(OC)nc2)cc1. The molecule has 0 amide bonds. The van der Waals surface area contributed by atoms with Crippen molar-refractivity contribution in [2.24, 2.45) is 0 Å². The van der Waals surface area contributed by atoms with Crippen LogP contribution in [0.3, 0.4) is 0 Å². The van der Waals surface area contributed by atoms with Gasteiger partial charge in [0.1, 0.15) is 12.4 Å². The molecular formula is C16H20N2O3. The van der Waals surface area contributed by atoms with E-state index < -0.39 is 0 Å². The van der Waals surface area contributed by atoms with Gasteiger partial charge in [0.2, 0.25) is 5.88 Å². The number of benzene rings is 1. The van der Waals surface area contributed by atoms with Gasteiger partial charge in [0.05, 0.1) is 13.7 Å². The lowest BCUT2D eigenvalue weighted by Gasteiger charge is -2.09. The van der Waals surface area contributed by atoms with Gasteiger partial charge in [-0.25, -0.2) is 4.98 Å². The van der Waals surface area contributed by atoms with Crippen LogP contribution in [0.2, 0.25) is 0 Å².